The van der Waals surface area contributed by atoms with Gasteiger partial charge in [0, 0.05) is 23.7 Å². The summed E-state index contributed by atoms with van der Waals surface area (Å²) >= 11 is 0. The van der Waals surface area contributed by atoms with Crippen molar-refractivity contribution in [1.29, 1.82) is 0 Å². The second-order valence-corrected chi connectivity index (χ2v) is 6.71. The van der Waals surface area contributed by atoms with Crippen LogP contribution in [0.4, 0.5) is 5.69 Å². The molecule has 0 bridgehead atoms. The SMILES string of the molecule is COCCC(=O)Nc1cccc(-c2n[nH]c3ccc(C4(C)N=NNN4)cc23)c1. The number of hydrogen-bond donors (Lipinski definition) is 4. The van der Waals surface area contributed by atoms with Crippen LogP contribution in [-0.4, -0.2) is 29.8 Å². The van der Waals surface area contributed by atoms with E-state index in [0.29, 0.717) is 18.7 Å². The molecule has 4 rings (SSSR count). The number of aromatic amines is 1. The Kier molecular flexibility index (Phi) is 4.76. The Morgan fingerprint density at radius 2 is 2.14 bits per heavy atom. The van der Waals surface area contributed by atoms with E-state index in [1.54, 1.807) is 7.11 Å². The third kappa shape index (κ3) is 3.45. The Morgan fingerprint density at radius 1 is 1.25 bits per heavy atom. The number of rotatable bonds is 6. The molecule has 3 aromatic rings. The first-order valence-corrected chi connectivity index (χ1v) is 8.91. The van der Waals surface area contributed by atoms with Crippen molar-refractivity contribution in [3.05, 3.63) is 48.0 Å². The summed E-state index contributed by atoms with van der Waals surface area (Å²) in [5, 5.41) is 19.4. The number of hydrogen-bond acceptors (Lipinski definition) is 7. The molecule has 0 saturated carbocycles. The fourth-order valence-corrected chi connectivity index (χ4v) is 3.11. The Labute approximate surface area is 161 Å². The van der Waals surface area contributed by atoms with Gasteiger partial charge in [0.2, 0.25) is 5.91 Å². The highest BCUT2D eigenvalue weighted by atomic mass is 16.5. The summed E-state index contributed by atoms with van der Waals surface area (Å²) < 4.78 is 4.94. The molecule has 4 N–H and O–H groups in total. The molecule has 1 aliphatic rings. The minimum absolute atomic E-state index is 0.0914. The van der Waals surface area contributed by atoms with Gasteiger partial charge in [0.05, 0.1) is 24.2 Å². The predicted octanol–water partition coefficient (Wildman–Crippen LogP) is 2.85. The number of methoxy groups -OCH3 is 1. The molecule has 0 spiro atoms. The first-order valence-electron chi connectivity index (χ1n) is 8.91. The summed E-state index contributed by atoms with van der Waals surface area (Å²) in [5.74, 6) is -0.0914. The number of carbonyl (C=O) groups excluding carboxylic acids is 1. The van der Waals surface area contributed by atoms with Gasteiger partial charge in [-0.25, -0.2) is 5.53 Å². The maximum Gasteiger partial charge on any atom is 0.226 e. The van der Waals surface area contributed by atoms with Gasteiger partial charge < -0.3 is 10.1 Å². The fourth-order valence-electron chi connectivity index (χ4n) is 3.11. The molecule has 0 radical (unpaired) electrons. The van der Waals surface area contributed by atoms with Crippen LogP contribution in [0.3, 0.4) is 0 Å². The van der Waals surface area contributed by atoms with Crippen molar-refractivity contribution in [1.82, 2.24) is 21.2 Å². The molecule has 9 heteroatoms. The summed E-state index contributed by atoms with van der Waals surface area (Å²) in [4.78, 5) is 12.0. The number of H-pyrrole nitrogens is 1. The monoisotopic (exact) mass is 379 g/mol. The van der Waals surface area contributed by atoms with Crippen LogP contribution < -0.4 is 16.3 Å². The lowest BCUT2D eigenvalue weighted by atomic mass is 9.99. The topological polar surface area (TPSA) is 116 Å². The Morgan fingerprint density at radius 3 is 2.93 bits per heavy atom. The number of anilines is 1. The summed E-state index contributed by atoms with van der Waals surface area (Å²) in [6, 6.07) is 13.6. The van der Waals surface area contributed by atoms with E-state index in [1.165, 1.54) is 0 Å². The maximum absolute atomic E-state index is 12.0. The lowest BCUT2D eigenvalue weighted by Crippen LogP contribution is -2.38. The van der Waals surface area contributed by atoms with E-state index in [9.17, 15) is 4.79 Å². The van der Waals surface area contributed by atoms with E-state index < -0.39 is 5.66 Å². The smallest absolute Gasteiger partial charge is 0.226 e. The quantitative estimate of drug-likeness (QED) is 0.526. The molecular weight excluding hydrogens is 358 g/mol. The molecule has 1 unspecified atom stereocenters. The summed E-state index contributed by atoms with van der Waals surface area (Å²) in [5.41, 5.74) is 9.37. The van der Waals surface area contributed by atoms with Gasteiger partial charge in [-0.2, -0.15) is 10.5 Å². The molecule has 2 heterocycles. The van der Waals surface area contributed by atoms with E-state index in [-0.39, 0.29) is 5.91 Å². The van der Waals surface area contributed by atoms with Crippen LogP contribution in [0.15, 0.2) is 52.8 Å². The number of aromatic nitrogens is 2. The predicted molar refractivity (Wildman–Crippen MR) is 105 cm³/mol. The molecule has 2 aromatic carbocycles. The first-order chi connectivity index (χ1) is 13.6. The Balaban J connectivity index is 1.66. The normalized spacial score (nSPS) is 18.4. The molecule has 0 aliphatic carbocycles. The third-order valence-corrected chi connectivity index (χ3v) is 4.68. The highest BCUT2D eigenvalue weighted by Gasteiger charge is 2.30. The lowest BCUT2D eigenvalue weighted by Gasteiger charge is -2.19. The first kappa shape index (κ1) is 18.1. The van der Waals surface area contributed by atoms with E-state index in [4.69, 9.17) is 4.74 Å². The van der Waals surface area contributed by atoms with Gasteiger partial charge in [-0.1, -0.05) is 23.4 Å². The third-order valence-electron chi connectivity index (χ3n) is 4.68. The Hall–Kier alpha value is -3.30. The zero-order valence-corrected chi connectivity index (χ0v) is 15.6. The van der Waals surface area contributed by atoms with Gasteiger partial charge in [-0.15, -0.1) is 5.11 Å². The van der Waals surface area contributed by atoms with Gasteiger partial charge in [0.15, 0.2) is 5.66 Å². The number of amides is 1. The van der Waals surface area contributed by atoms with Crippen molar-refractivity contribution in [2.75, 3.05) is 19.0 Å². The Bertz CT molecular complexity index is 1050. The van der Waals surface area contributed by atoms with Crippen LogP contribution in [0.1, 0.15) is 18.9 Å². The number of fused-ring (bicyclic) bond motifs is 1. The van der Waals surface area contributed by atoms with Crippen LogP contribution >= 0.6 is 0 Å². The van der Waals surface area contributed by atoms with Gasteiger partial charge in [0.1, 0.15) is 0 Å². The highest BCUT2D eigenvalue weighted by Crippen LogP contribution is 2.32. The van der Waals surface area contributed by atoms with E-state index in [2.05, 4.69) is 36.8 Å². The van der Waals surface area contributed by atoms with Gasteiger partial charge in [0.25, 0.3) is 0 Å². The number of nitrogens with zero attached hydrogens (tertiary/aromatic N) is 3. The van der Waals surface area contributed by atoms with Crippen LogP contribution in [0, 0.1) is 0 Å². The molecule has 0 saturated heterocycles. The van der Waals surface area contributed by atoms with Crippen molar-refractivity contribution in [2.45, 2.75) is 19.0 Å². The lowest BCUT2D eigenvalue weighted by molar-refractivity contribution is -0.117. The second-order valence-electron chi connectivity index (χ2n) is 6.71. The molecule has 144 valence electrons. The van der Waals surface area contributed by atoms with Crippen molar-refractivity contribution in [3.8, 4) is 11.3 Å². The summed E-state index contributed by atoms with van der Waals surface area (Å²) in [7, 11) is 1.57. The second kappa shape index (κ2) is 7.37. The number of benzene rings is 2. The molecule has 1 aromatic heterocycles. The molecule has 1 atom stereocenters. The number of carbonyl (C=O) groups is 1. The van der Waals surface area contributed by atoms with E-state index >= 15 is 0 Å². The number of nitrogens with one attached hydrogen (secondary N) is 4. The molecule has 1 aliphatic heterocycles. The van der Waals surface area contributed by atoms with Gasteiger partial charge in [-0.05, 0) is 36.8 Å². The minimum Gasteiger partial charge on any atom is -0.384 e. The van der Waals surface area contributed by atoms with E-state index in [0.717, 1.165) is 27.7 Å². The fraction of sp³-hybridized carbons (Fsp3) is 0.263. The molecule has 0 fully saturated rings. The largest absolute Gasteiger partial charge is 0.384 e. The standard InChI is InChI=1S/C19H21N7O2/c1-19(23-25-26-24-19)13-6-7-16-15(11-13)18(22-21-16)12-4-3-5-14(10-12)20-17(27)8-9-28-2/h3-7,10-11H,8-9H2,1-2H3,(H,20,27)(H,21,22)(H,23,26)(H,24,25). The van der Waals surface area contributed by atoms with Crippen molar-refractivity contribution in [3.63, 3.8) is 0 Å². The maximum atomic E-state index is 12.0. The highest BCUT2D eigenvalue weighted by molar-refractivity contribution is 5.95. The van der Waals surface area contributed by atoms with Crippen molar-refractivity contribution in [2.24, 2.45) is 10.3 Å². The van der Waals surface area contributed by atoms with Crippen LogP contribution in [0.2, 0.25) is 0 Å². The zero-order valence-electron chi connectivity index (χ0n) is 15.6. The summed E-state index contributed by atoms with van der Waals surface area (Å²) in [6.45, 7) is 2.32. The average molecular weight is 379 g/mol. The average Bonchev–Trinajstić information content (AvgIpc) is 3.33. The molecular formula is C19H21N7O2. The van der Waals surface area contributed by atoms with Crippen LogP contribution in [0.25, 0.3) is 22.2 Å². The van der Waals surface area contributed by atoms with Gasteiger partial charge in [-0.3, -0.25) is 9.89 Å². The van der Waals surface area contributed by atoms with Crippen LogP contribution in [-0.2, 0) is 15.2 Å². The van der Waals surface area contributed by atoms with Crippen molar-refractivity contribution >= 4 is 22.5 Å². The number of hydrazine groups is 1. The molecule has 9 nitrogen and oxygen atoms in total. The molecule has 28 heavy (non-hydrogen) atoms. The van der Waals surface area contributed by atoms with E-state index in [1.807, 2.05) is 49.4 Å². The zero-order chi connectivity index (χ0) is 19.6. The van der Waals surface area contributed by atoms with Crippen LogP contribution in [0.5, 0.6) is 0 Å². The van der Waals surface area contributed by atoms with Crippen molar-refractivity contribution < 1.29 is 9.53 Å². The minimum atomic E-state index is -0.639. The molecule has 1 amide bonds. The summed E-state index contributed by atoms with van der Waals surface area (Å²) in [6.07, 6.45) is 0.309. The number of ether oxygens (including phenoxy) is 1. The van der Waals surface area contributed by atoms with Gasteiger partial charge >= 0.3 is 0 Å².